The smallest absolute Gasteiger partial charge is 0.271 e. The molecule has 6 nitrogen and oxygen atoms in total. The molecule has 0 aliphatic heterocycles. The first-order valence-corrected chi connectivity index (χ1v) is 8.23. The summed E-state index contributed by atoms with van der Waals surface area (Å²) in [6, 6.07) is 10.8. The minimum atomic E-state index is -0.543. The summed E-state index contributed by atoms with van der Waals surface area (Å²) in [6.45, 7) is 2.22. The van der Waals surface area contributed by atoms with E-state index < -0.39 is 11.0 Å². The van der Waals surface area contributed by atoms with E-state index in [1.165, 1.54) is 18.2 Å². The predicted octanol–water partition coefficient (Wildman–Crippen LogP) is 4.36. The first-order chi connectivity index (χ1) is 11.8. The number of nitrogens with zero attached hydrogens (tertiary/aromatic N) is 2. The van der Waals surface area contributed by atoms with Crippen LogP contribution in [0.1, 0.15) is 12.5 Å². The van der Waals surface area contributed by atoms with Crippen molar-refractivity contribution in [3.05, 3.63) is 68.2 Å². The number of nitrogens with one attached hydrogen (secondary N) is 1. The van der Waals surface area contributed by atoms with Crippen LogP contribution in [0, 0.1) is 10.1 Å². The van der Waals surface area contributed by atoms with E-state index in [1.54, 1.807) is 20.0 Å². The molecule has 25 heavy (non-hydrogen) atoms. The molecule has 0 radical (unpaired) electrons. The van der Waals surface area contributed by atoms with Crippen molar-refractivity contribution in [1.82, 2.24) is 4.90 Å². The molecule has 8 heteroatoms. The molecule has 0 aliphatic rings. The van der Waals surface area contributed by atoms with Crippen molar-refractivity contribution >= 4 is 40.5 Å². The van der Waals surface area contributed by atoms with Crippen LogP contribution >= 0.6 is 23.2 Å². The molecule has 1 amide bonds. The van der Waals surface area contributed by atoms with E-state index in [9.17, 15) is 14.9 Å². The molecular weight excluding hydrogens is 365 g/mol. The zero-order valence-corrected chi connectivity index (χ0v) is 15.2. The summed E-state index contributed by atoms with van der Waals surface area (Å²) in [5, 5.41) is 14.4. The van der Waals surface area contributed by atoms with E-state index in [1.807, 2.05) is 23.1 Å². The quantitative estimate of drug-likeness (QED) is 0.595. The topological polar surface area (TPSA) is 75.5 Å². The maximum absolute atomic E-state index is 12.4. The lowest BCUT2D eigenvalue weighted by molar-refractivity contribution is -0.384. The molecule has 0 bridgehead atoms. The number of carbonyl (C=O) groups excluding carboxylic acids is 1. The van der Waals surface area contributed by atoms with Crippen molar-refractivity contribution in [2.24, 2.45) is 0 Å². The second-order valence-corrected chi connectivity index (χ2v) is 6.41. The van der Waals surface area contributed by atoms with E-state index in [-0.39, 0.29) is 22.3 Å². The molecule has 1 unspecified atom stereocenters. The van der Waals surface area contributed by atoms with E-state index in [2.05, 4.69) is 5.32 Å². The van der Waals surface area contributed by atoms with E-state index in [4.69, 9.17) is 23.2 Å². The molecular formula is C17H17Cl2N3O3. The van der Waals surface area contributed by atoms with Crippen LogP contribution in [0.5, 0.6) is 0 Å². The summed E-state index contributed by atoms with van der Waals surface area (Å²) in [6.07, 6.45) is 0. The molecule has 0 aliphatic carbocycles. The summed E-state index contributed by atoms with van der Waals surface area (Å²) in [5.74, 6) is -0.322. The number of rotatable bonds is 6. The second kappa shape index (κ2) is 8.29. The van der Waals surface area contributed by atoms with Gasteiger partial charge in [-0.05, 0) is 31.7 Å². The van der Waals surface area contributed by atoms with Crippen LogP contribution in [0.25, 0.3) is 0 Å². The third-order valence-corrected chi connectivity index (χ3v) is 4.54. The van der Waals surface area contributed by atoms with Crippen molar-refractivity contribution in [2.45, 2.75) is 19.5 Å². The van der Waals surface area contributed by atoms with Gasteiger partial charge in [0.05, 0.1) is 21.7 Å². The molecule has 0 saturated carbocycles. The van der Waals surface area contributed by atoms with E-state index >= 15 is 0 Å². The molecule has 0 aromatic heterocycles. The summed E-state index contributed by atoms with van der Waals surface area (Å²) in [4.78, 5) is 24.6. The molecule has 0 heterocycles. The fourth-order valence-corrected chi connectivity index (χ4v) is 2.55. The molecule has 1 atom stereocenters. The van der Waals surface area contributed by atoms with Crippen LogP contribution in [0.15, 0.2) is 42.5 Å². The summed E-state index contributed by atoms with van der Waals surface area (Å²) >= 11 is 12.2. The summed E-state index contributed by atoms with van der Waals surface area (Å²) in [7, 11) is 1.79. The van der Waals surface area contributed by atoms with Crippen molar-refractivity contribution in [3.8, 4) is 0 Å². The van der Waals surface area contributed by atoms with Crippen LogP contribution in [0.4, 0.5) is 11.4 Å². The Balaban J connectivity index is 2.08. The van der Waals surface area contributed by atoms with Gasteiger partial charge in [0.25, 0.3) is 5.69 Å². The average Bonchev–Trinajstić information content (AvgIpc) is 2.57. The molecule has 1 N–H and O–H groups in total. The molecule has 0 saturated heterocycles. The lowest BCUT2D eigenvalue weighted by Crippen LogP contribution is -2.39. The van der Waals surface area contributed by atoms with E-state index in [0.29, 0.717) is 11.6 Å². The van der Waals surface area contributed by atoms with Crippen molar-refractivity contribution in [1.29, 1.82) is 0 Å². The number of hydrogen-bond donors (Lipinski definition) is 1. The Labute approximate surface area is 155 Å². The maximum Gasteiger partial charge on any atom is 0.271 e. The van der Waals surface area contributed by atoms with Crippen molar-refractivity contribution in [3.63, 3.8) is 0 Å². The van der Waals surface area contributed by atoms with Crippen LogP contribution in [-0.2, 0) is 11.3 Å². The van der Waals surface area contributed by atoms with Crippen LogP contribution < -0.4 is 5.32 Å². The Morgan fingerprint density at radius 3 is 2.56 bits per heavy atom. The number of carbonyl (C=O) groups is 1. The standard InChI is InChI=1S/C17H17Cl2N3O3/c1-11(21(2)10-12-5-3-4-6-14(12)18)17(23)20-16-9-13(22(24)25)7-8-15(16)19/h3-9,11H,10H2,1-2H3,(H,20,23). The highest BCUT2D eigenvalue weighted by atomic mass is 35.5. The Bertz CT molecular complexity index is 798. The van der Waals surface area contributed by atoms with Gasteiger partial charge in [0, 0.05) is 23.7 Å². The third-order valence-electron chi connectivity index (χ3n) is 3.84. The van der Waals surface area contributed by atoms with Crippen LogP contribution in [-0.4, -0.2) is 28.8 Å². The fourth-order valence-electron chi connectivity index (χ4n) is 2.19. The van der Waals surface area contributed by atoms with Crippen molar-refractivity contribution in [2.75, 3.05) is 12.4 Å². The highest BCUT2D eigenvalue weighted by Gasteiger charge is 2.20. The second-order valence-electron chi connectivity index (χ2n) is 5.59. The van der Waals surface area contributed by atoms with Gasteiger partial charge >= 0.3 is 0 Å². The van der Waals surface area contributed by atoms with Crippen molar-refractivity contribution < 1.29 is 9.72 Å². The Morgan fingerprint density at radius 2 is 1.92 bits per heavy atom. The Hall–Kier alpha value is -2.15. The van der Waals surface area contributed by atoms with Gasteiger partial charge in [-0.2, -0.15) is 0 Å². The monoisotopic (exact) mass is 381 g/mol. The number of halogens is 2. The van der Waals surface area contributed by atoms with Crippen LogP contribution in [0.3, 0.4) is 0 Å². The first kappa shape index (κ1) is 19.2. The number of likely N-dealkylation sites (N-methyl/N-ethyl adjacent to an activating group) is 1. The number of anilines is 1. The first-order valence-electron chi connectivity index (χ1n) is 7.48. The third kappa shape index (κ3) is 4.92. The van der Waals surface area contributed by atoms with Gasteiger partial charge in [-0.3, -0.25) is 19.8 Å². The maximum atomic E-state index is 12.4. The van der Waals surface area contributed by atoms with Gasteiger partial charge in [-0.1, -0.05) is 41.4 Å². The zero-order valence-electron chi connectivity index (χ0n) is 13.7. The average molecular weight is 382 g/mol. The Kier molecular flexibility index (Phi) is 6.36. The summed E-state index contributed by atoms with van der Waals surface area (Å²) < 4.78 is 0. The Morgan fingerprint density at radius 1 is 1.24 bits per heavy atom. The van der Waals surface area contributed by atoms with Gasteiger partial charge < -0.3 is 5.32 Å². The molecule has 2 rings (SSSR count). The SMILES string of the molecule is CC(C(=O)Nc1cc([N+](=O)[O-])ccc1Cl)N(C)Cc1ccccc1Cl. The van der Waals surface area contributed by atoms with Gasteiger partial charge in [0.2, 0.25) is 5.91 Å². The molecule has 0 fully saturated rings. The van der Waals surface area contributed by atoms with Crippen LogP contribution in [0.2, 0.25) is 10.0 Å². The zero-order chi connectivity index (χ0) is 18.6. The van der Waals surface area contributed by atoms with Gasteiger partial charge in [0.15, 0.2) is 0 Å². The number of nitro benzene ring substituents is 1. The number of nitro groups is 1. The number of hydrogen-bond acceptors (Lipinski definition) is 4. The summed E-state index contributed by atoms with van der Waals surface area (Å²) in [5.41, 5.74) is 0.968. The lowest BCUT2D eigenvalue weighted by Gasteiger charge is -2.24. The van der Waals surface area contributed by atoms with Gasteiger partial charge in [0.1, 0.15) is 0 Å². The number of non-ortho nitro benzene ring substituents is 1. The normalized spacial score (nSPS) is 12.0. The number of amides is 1. The highest BCUT2D eigenvalue weighted by Crippen LogP contribution is 2.27. The fraction of sp³-hybridized carbons (Fsp3) is 0.235. The predicted molar refractivity (Wildman–Crippen MR) is 99.1 cm³/mol. The minimum Gasteiger partial charge on any atom is -0.323 e. The lowest BCUT2D eigenvalue weighted by atomic mass is 10.2. The molecule has 2 aromatic carbocycles. The minimum absolute atomic E-state index is 0.142. The van der Waals surface area contributed by atoms with E-state index in [0.717, 1.165) is 5.56 Å². The molecule has 0 spiro atoms. The number of benzene rings is 2. The largest absolute Gasteiger partial charge is 0.323 e. The highest BCUT2D eigenvalue weighted by molar-refractivity contribution is 6.33. The molecule has 2 aromatic rings. The van der Waals surface area contributed by atoms with Gasteiger partial charge in [-0.25, -0.2) is 0 Å². The molecule has 132 valence electrons. The van der Waals surface area contributed by atoms with Gasteiger partial charge in [-0.15, -0.1) is 0 Å².